The summed E-state index contributed by atoms with van der Waals surface area (Å²) in [6.45, 7) is 14.3. The molecule has 1 aliphatic rings. The van der Waals surface area contributed by atoms with E-state index in [0.29, 0.717) is 12.6 Å². The van der Waals surface area contributed by atoms with Crippen molar-refractivity contribution >= 4 is 17.3 Å². The number of nitrogens with one attached hydrogen (secondary N) is 2. The standard InChI is InChI=1S/C17H31N5S/c1-6-18-17(20-11-16-21-13(4)14(5)23-16)19-9-10-22(12(2)3)15-7-8-15/h12,15H,6-11H2,1-5H3,(H2,18,19,20). The maximum absolute atomic E-state index is 4.66. The molecular formula is C17H31N5S. The maximum Gasteiger partial charge on any atom is 0.191 e. The van der Waals surface area contributed by atoms with Gasteiger partial charge in [-0.2, -0.15) is 0 Å². The van der Waals surface area contributed by atoms with Crippen molar-refractivity contribution in [1.82, 2.24) is 20.5 Å². The average Bonchev–Trinajstić information content (AvgIpc) is 3.27. The lowest BCUT2D eigenvalue weighted by Gasteiger charge is -2.26. The van der Waals surface area contributed by atoms with Crippen LogP contribution in [0.2, 0.25) is 0 Å². The average molecular weight is 338 g/mol. The van der Waals surface area contributed by atoms with Gasteiger partial charge in [0.1, 0.15) is 5.01 Å². The van der Waals surface area contributed by atoms with Gasteiger partial charge < -0.3 is 10.6 Å². The first-order valence-electron chi connectivity index (χ1n) is 8.72. The summed E-state index contributed by atoms with van der Waals surface area (Å²) in [4.78, 5) is 13.1. The van der Waals surface area contributed by atoms with Crippen LogP contribution in [0.3, 0.4) is 0 Å². The highest BCUT2D eigenvalue weighted by Gasteiger charge is 2.30. The number of hydrogen-bond donors (Lipinski definition) is 2. The van der Waals surface area contributed by atoms with Crippen molar-refractivity contribution in [2.75, 3.05) is 19.6 Å². The SMILES string of the molecule is CCNC(=NCc1nc(C)c(C)s1)NCCN(C(C)C)C1CC1. The minimum absolute atomic E-state index is 0.616. The van der Waals surface area contributed by atoms with Gasteiger partial charge in [0.25, 0.3) is 0 Å². The summed E-state index contributed by atoms with van der Waals surface area (Å²) in [5.41, 5.74) is 1.12. The molecule has 0 amide bonds. The van der Waals surface area contributed by atoms with E-state index >= 15 is 0 Å². The summed E-state index contributed by atoms with van der Waals surface area (Å²) in [5.74, 6) is 0.887. The number of hydrogen-bond acceptors (Lipinski definition) is 4. The highest BCUT2D eigenvalue weighted by molar-refractivity contribution is 7.11. The Kier molecular flexibility index (Phi) is 6.84. The van der Waals surface area contributed by atoms with Gasteiger partial charge in [-0.05, 0) is 47.5 Å². The highest BCUT2D eigenvalue weighted by Crippen LogP contribution is 2.27. The molecule has 1 saturated carbocycles. The zero-order valence-corrected chi connectivity index (χ0v) is 16.0. The highest BCUT2D eigenvalue weighted by atomic mass is 32.1. The van der Waals surface area contributed by atoms with Crippen LogP contribution in [-0.2, 0) is 6.54 Å². The van der Waals surface area contributed by atoms with Crippen LogP contribution < -0.4 is 10.6 Å². The third-order valence-corrected chi connectivity index (χ3v) is 5.19. The molecule has 23 heavy (non-hydrogen) atoms. The van der Waals surface area contributed by atoms with Crippen molar-refractivity contribution in [2.24, 2.45) is 4.99 Å². The second-order valence-electron chi connectivity index (χ2n) is 6.43. The second kappa shape index (κ2) is 8.64. The zero-order valence-electron chi connectivity index (χ0n) is 15.1. The number of guanidine groups is 1. The predicted octanol–water partition coefficient (Wildman–Crippen LogP) is 2.69. The first-order valence-corrected chi connectivity index (χ1v) is 9.53. The fourth-order valence-corrected chi connectivity index (χ4v) is 3.53. The van der Waals surface area contributed by atoms with E-state index in [0.717, 1.165) is 42.3 Å². The molecule has 0 bridgehead atoms. The Balaban J connectivity index is 1.83. The number of aromatic nitrogens is 1. The molecule has 1 fully saturated rings. The Bertz CT molecular complexity index is 498. The Morgan fingerprint density at radius 1 is 1.35 bits per heavy atom. The van der Waals surface area contributed by atoms with Crippen molar-refractivity contribution in [3.8, 4) is 0 Å². The summed E-state index contributed by atoms with van der Waals surface area (Å²) in [5, 5.41) is 7.86. The monoisotopic (exact) mass is 337 g/mol. The van der Waals surface area contributed by atoms with Crippen molar-refractivity contribution in [3.63, 3.8) is 0 Å². The molecule has 0 radical (unpaired) electrons. The molecular weight excluding hydrogens is 306 g/mol. The summed E-state index contributed by atoms with van der Waals surface area (Å²) in [6, 6.07) is 1.42. The van der Waals surface area contributed by atoms with E-state index in [-0.39, 0.29) is 0 Å². The first kappa shape index (κ1) is 18.2. The minimum Gasteiger partial charge on any atom is -0.357 e. The molecule has 0 unspecified atom stereocenters. The molecule has 5 nitrogen and oxygen atoms in total. The van der Waals surface area contributed by atoms with Crippen LogP contribution in [0.1, 0.15) is 49.2 Å². The molecule has 2 N–H and O–H groups in total. The van der Waals surface area contributed by atoms with Gasteiger partial charge in [-0.1, -0.05) is 0 Å². The van der Waals surface area contributed by atoms with Crippen LogP contribution in [0.4, 0.5) is 0 Å². The Morgan fingerprint density at radius 3 is 2.61 bits per heavy atom. The lowest BCUT2D eigenvalue weighted by Crippen LogP contribution is -2.43. The third kappa shape index (κ3) is 5.77. The van der Waals surface area contributed by atoms with Crippen LogP contribution in [-0.4, -0.2) is 47.6 Å². The van der Waals surface area contributed by atoms with Crippen LogP contribution in [0.5, 0.6) is 0 Å². The van der Waals surface area contributed by atoms with E-state index in [4.69, 9.17) is 0 Å². The number of aryl methyl sites for hydroxylation is 2. The topological polar surface area (TPSA) is 52.6 Å². The van der Waals surface area contributed by atoms with Crippen molar-refractivity contribution in [1.29, 1.82) is 0 Å². The molecule has 130 valence electrons. The normalized spacial score (nSPS) is 15.5. The lowest BCUT2D eigenvalue weighted by atomic mass is 10.3. The summed E-state index contributed by atoms with van der Waals surface area (Å²) >= 11 is 1.74. The smallest absolute Gasteiger partial charge is 0.191 e. The fraction of sp³-hybridized carbons (Fsp3) is 0.765. The molecule has 0 atom stereocenters. The van der Waals surface area contributed by atoms with E-state index in [1.165, 1.54) is 17.7 Å². The second-order valence-corrected chi connectivity index (χ2v) is 7.72. The van der Waals surface area contributed by atoms with Crippen LogP contribution >= 0.6 is 11.3 Å². The van der Waals surface area contributed by atoms with Crippen LogP contribution in [0.25, 0.3) is 0 Å². The van der Waals surface area contributed by atoms with Gasteiger partial charge in [0.2, 0.25) is 0 Å². The van der Waals surface area contributed by atoms with E-state index in [2.05, 4.69) is 60.1 Å². The van der Waals surface area contributed by atoms with E-state index < -0.39 is 0 Å². The van der Waals surface area contributed by atoms with Gasteiger partial charge >= 0.3 is 0 Å². The van der Waals surface area contributed by atoms with Gasteiger partial charge in [-0.3, -0.25) is 4.90 Å². The summed E-state index contributed by atoms with van der Waals surface area (Å²) in [6.07, 6.45) is 2.71. The Hall–Kier alpha value is -1.14. The first-order chi connectivity index (χ1) is 11.0. The number of thiazole rings is 1. The Morgan fingerprint density at radius 2 is 2.09 bits per heavy atom. The van der Waals surface area contributed by atoms with Gasteiger partial charge in [0, 0.05) is 36.6 Å². The van der Waals surface area contributed by atoms with Gasteiger partial charge in [0.15, 0.2) is 5.96 Å². The molecule has 1 aromatic rings. The van der Waals surface area contributed by atoms with E-state index in [1.807, 2.05) is 0 Å². The van der Waals surface area contributed by atoms with Crippen LogP contribution in [0, 0.1) is 13.8 Å². The molecule has 1 aromatic heterocycles. The van der Waals surface area contributed by atoms with Gasteiger partial charge in [-0.15, -0.1) is 11.3 Å². The molecule has 0 aromatic carbocycles. The van der Waals surface area contributed by atoms with Crippen molar-refractivity contribution < 1.29 is 0 Å². The number of nitrogens with zero attached hydrogens (tertiary/aromatic N) is 3. The number of aliphatic imine (C=N–C) groups is 1. The van der Waals surface area contributed by atoms with E-state index in [9.17, 15) is 0 Å². The zero-order chi connectivity index (χ0) is 16.8. The quantitative estimate of drug-likeness (QED) is 0.566. The van der Waals surface area contributed by atoms with Crippen molar-refractivity contribution in [3.05, 3.63) is 15.6 Å². The minimum atomic E-state index is 0.616. The van der Waals surface area contributed by atoms with E-state index in [1.54, 1.807) is 11.3 Å². The molecule has 0 aliphatic heterocycles. The molecule has 0 spiro atoms. The third-order valence-electron chi connectivity index (χ3n) is 4.13. The van der Waals surface area contributed by atoms with Gasteiger partial charge in [0.05, 0.1) is 12.2 Å². The molecule has 2 rings (SSSR count). The summed E-state index contributed by atoms with van der Waals surface area (Å²) < 4.78 is 0. The molecule has 6 heteroatoms. The van der Waals surface area contributed by atoms with Gasteiger partial charge in [-0.25, -0.2) is 9.98 Å². The fourth-order valence-electron chi connectivity index (χ4n) is 2.67. The largest absolute Gasteiger partial charge is 0.357 e. The Labute approximate surface area is 144 Å². The predicted molar refractivity (Wildman–Crippen MR) is 99.3 cm³/mol. The molecule has 1 aliphatic carbocycles. The maximum atomic E-state index is 4.66. The summed E-state index contributed by atoms with van der Waals surface area (Å²) in [7, 11) is 0. The molecule has 1 heterocycles. The van der Waals surface area contributed by atoms with Crippen LogP contribution in [0.15, 0.2) is 4.99 Å². The molecule has 0 saturated heterocycles. The van der Waals surface area contributed by atoms with Crippen molar-refractivity contribution in [2.45, 2.75) is 66.1 Å². The lowest BCUT2D eigenvalue weighted by molar-refractivity contribution is 0.215. The number of rotatable bonds is 8.